The summed E-state index contributed by atoms with van der Waals surface area (Å²) in [5, 5.41) is 3.90. The second-order valence-corrected chi connectivity index (χ2v) is 8.39. The first kappa shape index (κ1) is 16.7. The number of nitrogens with zero attached hydrogens (tertiary/aromatic N) is 1. The molecular formula is C19H19N3O3S. The minimum Gasteiger partial charge on any atom is -0.361 e. The first-order valence-corrected chi connectivity index (χ1v) is 10.1. The van der Waals surface area contributed by atoms with E-state index in [2.05, 4.69) is 10.3 Å². The number of H-pyrrole nitrogens is 1. The monoisotopic (exact) mass is 369 g/mol. The number of hydrogen-bond donors (Lipinski definition) is 2. The number of aromatic amines is 1. The number of para-hydroxylation sites is 1. The van der Waals surface area contributed by atoms with Crippen LogP contribution >= 0.6 is 0 Å². The fourth-order valence-corrected chi connectivity index (χ4v) is 4.86. The van der Waals surface area contributed by atoms with Gasteiger partial charge in [0.25, 0.3) is 0 Å². The number of amides is 1. The maximum atomic E-state index is 12.3. The molecule has 1 saturated heterocycles. The van der Waals surface area contributed by atoms with Gasteiger partial charge in [0, 0.05) is 29.3 Å². The molecule has 0 unspecified atom stereocenters. The van der Waals surface area contributed by atoms with Gasteiger partial charge in [0.1, 0.15) is 0 Å². The molecule has 2 aromatic carbocycles. The van der Waals surface area contributed by atoms with Gasteiger partial charge in [-0.1, -0.05) is 18.2 Å². The van der Waals surface area contributed by atoms with Crippen LogP contribution in [-0.4, -0.2) is 31.6 Å². The van der Waals surface area contributed by atoms with Crippen molar-refractivity contribution in [2.45, 2.75) is 12.8 Å². The van der Waals surface area contributed by atoms with Crippen molar-refractivity contribution >= 4 is 38.2 Å². The van der Waals surface area contributed by atoms with Crippen LogP contribution in [0, 0.1) is 0 Å². The van der Waals surface area contributed by atoms with Crippen LogP contribution in [-0.2, 0) is 21.2 Å². The van der Waals surface area contributed by atoms with Crippen LogP contribution in [0.2, 0.25) is 0 Å². The third kappa shape index (κ3) is 3.17. The van der Waals surface area contributed by atoms with E-state index in [9.17, 15) is 13.2 Å². The molecule has 1 aliphatic rings. The minimum absolute atomic E-state index is 0.115. The molecular weight excluding hydrogens is 350 g/mol. The van der Waals surface area contributed by atoms with Gasteiger partial charge in [-0.3, -0.25) is 9.10 Å². The zero-order chi connectivity index (χ0) is 18.1. The summed E-state index contributed by atoms with van der Waals surface area (Å²) in [6, 6.07) is 14.8. The molecule has 0 radical (unpaired) electrons. The number of carbonyl (C=O) groups is 1. The van der Waals surface area contributed by atoms with Gasteiger partial charge in [-0.25, -0.2) is 8.42 Å². The van der Waals surface area contributed by atoms with Crippen molar-refractivity contribution in [3.63, 3.8) is 0 Å². The van der Waals surface area contributed by atoms with Crippen LogP contribution in [0.1, 0.15) is 12.0 Å². The summed E-state index contributed by atoms with van der Waals surface area (Å²) in [5.74, 6) is 0.0760. The van der Waals surface area contributed by atoms with Gasteiger partial charge in [0.2, 0.25) is 15.9 Å². The summed E-state index contributed by atoms with van der Waals surface area (Å²) in [7, 11) is -3.19. The average Bonchev–Trinajstić information content (AvgIpc) is 3.19. The normalized spacial score (nSPS) is 16.1. The second-order valence-electron chi connectivity index (χ2n) is 6.37. The van der Waals surface area contributed by atoms with Crippen LogP contribution in [0.5, 0.6) is 0 Å². The average molecular weight is 369 g/mol. The Labute approximate surface area is 151 Å². The largest absolute Gasteiger partial charge is 0.361 e. The predicted octanol–water partition coefficient (Wildman–Crippen LogP) is 2.89. The van der Waals surface area contributed by atoms with Gasteiger partial charge >= 0.3 is 0 Å². The molecule has 1 fully saturated rings. The summed E-state index contributed by atoms with van der Waals surface area (Å²) in [4.78, 5) is 15.5. The summed E-state index contributed by atoms with van der Waals surface area (Å²) in [5.41, 5.74) is 3.23. The van der Waals surface area contributed by atoms with Gasteiger partial charge < -0.3 is 10.3 Å². The molecule has 0 atom stereocenters. The predicted molar refractivity (Wildman–Crippen MR) is 103 cm³/mol. The third-order valence-electron chi connectivity index (χ3n) is 4.56. The van der Waals surface area contributed by atoms with Gasteiger partial charge in [0.15, 0.2) is 0 Å². The molecule has 134 valence electrons. The standard InChI is InChI=1S/C19H19N3O3S/c23-19(12-14-13-20-18-5-2-1-4-17(14)18)21-15-6-8-16(9-7-15)22-10-3-11-26(22,24)25/h1-2,4-9,13,20H,3,10-12H2,(H,21,23). The van der Waals surface area contributed by atoms with Crippen molar-refractivity contribution in [2.24, 2.45) is 0 Å². The Morgan fingerprint density at radius 3 is 2.62 bits per heavy atom. The molecule has 0 bridgehead atoms. The summed E-state index contributed by atoms with van der Waals surface area (Å²) < 4.78 is 25.3. The maximum Gasteiger partial charge on any atom is 0.235 e. The number of aromatic nitrogens is 1. The Hall–Kier alpha value is -2.80. The van der Waals surface area contributed by atoms with Crippen molar-refractivity contribution in [3.8, 4) is 0 Å². The van der Waals surface area contributed by atoms with E-state index in [4.69, 9.17) is 0 Å². The first-order chi connectivity index (χ1) is 12.5. The van der Waals surface area contributed by atoms with Crippen LogP contribution < -0.4 is 9.62 Å². The highest BCUT2D eigenvalue weighted by Crippen LogP contribution is 2.25. The highest BCUT2D eigenvalue weighted by Gasteiger charge is 2.28. The summed E-state index contributed by atoms with van der Waals surface area (Å²) in [6.45, 7) is 0.509. The Kier molecular flexibility index (Phi) is 4.16. The lowest BCUT2D eigenvalue weighted by Gasteiger charge is -2.17. The molecule has 1 aliphatic heterocycles. The van der Waals surface area contributed by atoms with Crippen LogP contribution in [0.15, 0.2) is 54.7 Å². The molecule has 4 rings (SSSR count). The lowest BCUT2D eigenvalue weighted by molar-refractivity contribution is -0.115. The van der Waals surface area contributed by atoms with Crippen LogP contribution in [0.4, 0.5) is 11.4 Å². The fourth-order valence-electron chi connectivity index (χ4n) is 3.30. The molecule has 1 amide bonds. The van der Waals surface area contributed by atoms with Gasteiger partial charge in [-0.15, -0.1) is 0 Å². The number of nitrogens with one attached hydrogen (secondary N) is 2. The van der Waals surface area contributed by atoms with Gasteiger partial charge in [0.05, 0.1) is 17.9 Å². The lowest BCUT2D eigenvalue weighted by Crippen LogP contribution is -2.25. The second kappa shape index (κ2) is 6.49. The van der Waals surface area contributed by atoms with Crippen molar-refractivity contribution in [3.05, 3.63) is 60.3 Å². The highest BCUT2D eigenvalue weighted by molar-refractivity contribution is 7.93. The van der Waals surface area contributed by atoms with Gasteiger partial charge in [-0.05, 0) is 42.3 Å². The number of carbonyl (C=O) groups excluding carboxylic acids is 1. The number of hydrogen-bond acceptors (Lipinski definition) is 3. The van der Waals surface area contributed by atoms with Crippen molar-refractivity contribution in [1.29, 1.82) is 0 Å². The van der Waals surface area contributed by atoms with E-state index >= 15 is 0 Å². The first-order valence-electron chi connectivity index (χ1n) is 8.48. The molecule has 26 heavy (non-hydrogen) atoms. The van der Waals surface area contributed by atoms with E-state index in [1.165, 1.54) is 4.31 Å². The molecule has 2 N–H and O–H groups in total. The third-order valence-corrected chi connectivity index (χ3v) is 6.43. The number of fused-ring (bicyclic) bond motifs is 1. The number of rotatable bonds is 4. The molecule has 0 aliphatic carbocycles. The van der Waals surface area contributed by atoms with E-state index in [0.29, 0.717) is 24.3 Å². The molecule has 2 heterocycles. The summed E-state index contributed by atoms with van der Waals surface area (Å²) >= 11 is 0. The minimum atomic E-state index is -3.19. The van der Waals surface area contributed by atoms with Gasteiger partial charge in [-0.2, -0.15) is 0 Å². The van der Waals surface area contributed by atoms with Crippen LogP contribution in [0.3, 0.4) is 0 Å². The van der Waals surface area contributed by atoms with Crippen molar-refractivity contribution in [1.82, 2.24) is 4.98 Å². The molecule has 3 aromatic rings. The summed E-state index contributed by atoms with van der Waals surface area (Å²) in [6.07, 6.45) is 2.77. The fraction of sp³-hybridized carbons (Fsp3) is 0.211. The SMILES string of the molecule is O=C(Cc1c[nH]c2ccccc12)Nc1ccc(N2CCCS2(=O)=O)cc1. The number of benzene rings is 2. The van der Waals surface area contributed by atoms with E-state index in [0.717, 1.165) is 16.5 Å². The van der Waals surface area contributed by atoms with Crippen LogP contribution in [0.25, 0.3) is 10.9 Å². The van der Waals surface area contributed by atoms with E-state index in [1.54, 1.807) is 24.3 Å². The van der Waals surface area contributed by atoms with Crippen molar-refractivity contribution in [2.75, 3.05) is 21.9 Å². The zero-order valence-electron chi connectivity index (χ0n) is 14.1. The quantitative estimate of drug-likeness (QED) is 0.742. The van der Waals surface area contributed by atoms with E-state index in [-0.39, 0.29) is 18.1 Å². The van der Waals surface area contributed by atoms with E-state index in [1.807, 2.05) is 30.5 Å². The molecule has 7 heteroatoms. The molecule has 0 spiro atoms. The maximum absolute atomic E-state index is 12.3. The van der Waals surface area contributed by atoms with Crippen molar-refractivity contribution < 1.29 is 13.2 Å². The Morgan fingerprint density at radius 2 is 1.88 bits per heavy atom. The number of sulfonamides is 1. The Morgan fingerprint density at radius 1 is 1.12 bits per heavy atom. The topological polar surface area (TPSA) is 82.3 Å². The smallest absolute Gasteiger partial charge is 0.235 e. The Bertz CT molecular complexity index is 1060. The zero-order valence-corrected chi connectivity index (χ0v) is 14.9. The number of anilines is 2. The highest BCUT2D eigenvalue weighted by atomic mass is 32.2. The molecule has 0 saturated carbocycles. The Balaban J connectivity index is 1.45. The molecule has 6 nitrogen and oxygen atoms in total. The van der Waals surface area contributed by atoms with E-state index < -0.39 is 10.0 Å². The lowest BCUT2D eigenvalue weighted by atomic mass is 10.1. The molecule has 1 aromatic heterocycles.